The van der Waals surface area contributed by atoms with E-state index in [1.807, 2.05) is 0 Å². The van der Waals surface area contributed by atoms with E-state index >= 15 is 0 Å². The van der Waals surface area contributed by atoms with Crippen molar-refractivity contribution in [2.24, 2.45) is 5.73 Å². The normalized spacial score (nSPS) is 12.1. The van der Waals surface area contributed by atoms with Crippen molar-refractivity contribution in [3.05, 3.63) is 23.7 Å². The molecule has 0 spiro atoms. The highest BCUT2D eigenvalue weighted by molar-refractivity contribution is 7.98. The van der Waals surface area contributed by atoms with Crippen molar-refractivity contribution in [2.75, 3.05) is 12.4 Å². The molecule has 1 heterocycles. The molecular weight excluding hydrogens is 258 g/mol. The van der Waals surface area contributed by atoms with E-state index in [0.29, 0.717) is 23.7 Å². The highest BCUT2D eigenvalue weighted by Gasteiger charge is 2.17. The number of carboxylic acid groups (broad SMARTS) is 1. The van der Waals surface area contributed by atoms with Crippen molar-refractivity contribution >= 4 is 23.7 Å². The maximum Gasteiger partial charge on any atom is 0.341 e. The predicted molar refractivity (Wildman–Crippen MR) is 66.4 cm³/mol. The van der Waals surface area contributed by atoms with Crippen LogP contribution in [0.4, 0.5) is 0 Å². The molecule has 100 valence electrons. The van der Waals surface area contributed by atoms with Gasteiger partial charge in [-0.1, -0.05) is 0 Å². The molecule has 18 heavy (non-hydrogen) atoms. The monoisotopic (exact) mass is 273 g/mol. The number of carbonyl (C=O) groups is 2. The minimum absolute atomic E-state index is 0.248. The van der Waals surface area contributed by atoms with E-state index in [9.17, 15) is 9.59 Å². The van der Waals surface area contributed by atoms with Crippen LogP contribution in [0.1, 0.15) is 23.0 Å². The molecule has 0 amide bonds. The van der Waals surface area contributed by atoms with E-state index in [4.69, 9.17) is 20.0 Å². The third-order valence-electron chi connectivity index (χ3n) is 2.09. The molecule has 0 saturated carbocycles. The van der Waals surface area contributed by atoms with E-state index < -0.39 is 18.0 Å². The van der Waals surface area contributed by atoms with Crippen LogP contribution in [0.15, 0.2) is 16.7 Å². The van der Waals surface area contributed by atoms with Gasteiger partial charge < -0.3 is 20.0 Å². The van der Waals surface area contributed by atoms with Crippen molar-refractivity contribution in [2.45, 2.75) is 18.7 Å². The number of hydrogen-bond donors (Lipinski definition) is 2. The van der Waals surface area contributed by atoms with Crippen LogP contribution in [0.25, 0.3) is 0 Å². The van der Waals surface area contributed by atoms with Gasteiger partial charge in [0.1, 0.15) is 17.4 Å². The van der Waals surface area contributed by atoms with Gasteiger partial charge in [0, 0.05) is 5.75 Å². The number of ether oxygens (including phenoxy) is 1. The van der Waals surface area contributed by atoms with Crippen LogP contribution in [0.5, 0.6) is 0 Å². The number of carbonyl (C=O) groups excluding carboxylic acids is 1. The standard InChI is InChI=1S/C11H15NO5S/c1-2-16-11(15)7-3-4-17-9(7)6-18-5-8(12)10(13)14/h3-4,8H,2,5-6,12H2,1H3,(H,13,14)/t8-/m1/s1. The van der Waals surface area contributed by atoms with Gasteiger partial charge in [0.15, 0.2) is 0 Å². The summed E-state index contributed by atoms with van der Waals surface area (Å²) >= 11 is 1.29. The average molecular weight is 273 g/mol. The highest BCUT2D eigenvalue weighted by Crippen LogP contribution is 2.19. The lowest BCUT2D eigenvalue weighted by molar-refractivity contribution is -0.137. The summed E-state index contributed by atoms with van der Waals surface area (Å²) in [4.78, 5) is 22.0. The first kappa shape index (κ1) is 14.6. The second kappa shape index (κ2) is 7.07. The Hall–Kier alpha value is -1.47. The summed E-state index contributed by atoms with van der Waals surface area (Å²) in [6.07, 6.45) is 1.40. The molecule has 7 heteroatoms. The minimum Gasteiger partial charge on any atom is -0.480 e. The second-order valence-corrected chi connectivity index (χ2v) is 4.47. The number of esters is 1. The summed E-state index contributed by atoms with van der Waals surface area (Å²) in [5, 5.41) is 8.62. The number of nitrogens with two attached hydrogens (primary N) is 1. The summed E-state index contributed by atoms with van der Waals surface area (Å²) in [6.45, 7) is 2.01. The quantitative estimate of drug-likeness (QED) is 0.717. The summed E-state index contributed by atoms with van der Waals surface area (Å²) in [7, 11) is 0. The van der Waals surface area contributed by atoms with Crippen molar-refractivity contribution in [3.63, 3.8) is 0 Å². The first-order chi connectivity index (χ1) is 8.56. The summed E-state index contributed by atoms with van der Waals surface area (Å²) in [5.41, 5.74) is 5.73. The molecule has 0 saturated heterocycles. The first-order valence-corrected chi connectivity index (χ1v) is 6.51. The molecule has 0 fully saturated rings. The Labute approximate surface area is 108 Å². The Bertz CT molecular complexity index is 417. The largest absolute Gasteiger partial charge is 0.480 e. The molecule has 0 radical (unpaired) electrons. The molecule has 1 aromatic rings. The Morgan fingerprint density at radius 3 is 2.94 bits per heavy atom. The maximum absolute atomic E-state index is 11.5. The van der Waals surface area contributed by atoms with E-state index in [2.05, 4.69) is 0 Å². The third kappa shape index (κ3) is 4.08. The summed E-state index contributed by atoms with van der Waals surface area (Å²) in [6, 6.07) is 0.612. The number of rotatable bonds is 7. The lowest BCUT2D eigenvalue weighted by atomic mass is 10.3. The van der Waals surface area contributed by atoms with Crippen LogP contribution < -0.4 is 5.73 Å². The number of furan rings is 1. The maximum atomic E-state index is 11.5. The summed E-state index contributed by atoms with van der Waals surface area (Å²) < 4.78 is 10.0. The van der Waals surface area contributed by atoms with E-state index in [0.717, 1.165) is 0 Å². The molecule has 0 aliphatic heterocycles. The number of carboxylic acids is 1. The smallest absolute Gasteiger partial charge is 0.341 e. The lowest BCUT2D eigenvalue weighted by Crippen LogP contribution is -2.32. The van der Waals surface area contributed by atoms with Crippen LogP contribution in [0, 0.1) is 0 Å². The van der Waals surface area contributed by atoms with Gasteiger partial charge in [0.2, 0.25) is 0 Å². The fraction of sp³-hybridized carbons (Fsp3) is 0.455. The molecule has 0 aliphatic rings. The van der Waals surface area contributed by atoms with Crippen molar-refractivity contribution in [3.8, 4) is 0 Å². The van der Waals surface area contributed by atoms with Crippen LogP contribution in [-0.2, 0) is 15.3 Å². The fourth-order valence-corrected chi connectivity index (χ4v) is 2.12. The molecule has 3 N–H and O–H groups in total. The van der Waals surface area contributed by atoms with Crippen LogP contribution >= 0.6 is 11.8 Å². The Kier molecular flexibility index (Phi) is 5.73. The molecule has 6 nitrogen and oxygen atoms in total. The van der Waals surface area contributed by atoms with Gasteiger partial charge in [-0.3, -0.25) is 4.79 Å². The lowest BCUT2D eigenvalue weighted by Gasteiger charge is -2.05. The molecule has 0 aliphatic carbocycles. The number of hydrogen-bond acceptors (Lipinski definition) is 6. The zero-order chi connectivity index (χ0) is 13.5. The number of aliphatic carboxylic acids is 1. The number of thioether (sulfide) groups is 1. The Morgan fingerprint density at radius 2 is 2.33 bits per heavy atom. The van der Waals surface area contributed by atoms with Gasteiger partial charge in [0.05, 0.1) is 18.6 Å². The van der Waals surface area contributed by atoms with Gasteiger partial charge >= 0.3 is 11.9 Å². The van der Waals surface area contributed by atoms with Gasteiger partial charge in [-0.15, -0.1) is 0 Å². The Morgan fingerprint density at radius 1 is 1.61 bits per heavy atom. The third-order valence-corrected chi connectivity index (χ3v) is 3.15. The first-order valence-electron chi connectivity index (χ1n) is 5.35. The molecule has 0 aromatic carbocycles. The van der Waals surface area contributed by atoms with Crippen molar-refractivity contribution in [1.29, 1.82) is 0 Å². The molecule has 1 atom stereocenters. The fourth-order valence-electron chi connectivity index (χ4n) is 1.19. The van der Waals surface area contributed by atoms with Gasteiger partial charge in [-0.25, -0.2) is 4.79 Å². The zero-order valence-corrected chi connectivity index (χ0v) is 10.7. The van der Waals surface area contributed by atoms with Crippen molar-refractivity contribution < 1.29 is 23.8 Å². The zero-order valence-electron chi connectivity index (χ0n) is 9.92. The second-order valence-electron chi connectivity index (χ2n) is 3.44. The van der Waals surface area contributed by atoms with E-state index in [-0.39, 0.29) is 5.75 Å². The van der Waals surface area contributed by atoms with Crippen LogP contribution in [0.3, 0.4) is 0 Å². The van der Waals surface area contributed by atoms with Crippen molar-refractivity contribution in [1.82, 2.24) is 0 Å². The van der Waals surface area contributed by atoms with Gasteiger partial charge in [-0.05, 0) is 13.0 Å². The Balaban J connectivity index is 2.50. The van der Waals surface area contributed by atoms with Crippen LogP contribution in [0.2, 0.25) is 0 Å². The molecule has 0 bridgehead atoms. The van der Waals surface area contributed by atoms with E-state index in [1.54, 1.807) is 6.92 Å². The predicted octanol–water partition coefficient (Wildman–Crippen LogP) is 1.10. The minimum atomic E-state index is -1.05. The van der Waals surface area contributed by atoms with Gasteiger partial charge in [-0.2, -0.15) is 11.8 Å². The molecular formula is C11H15NO5S. The SMILES string of the molecule is CCOC(=O)c1ccoc1CSC[C@@H](N)C(=O)O. The molecule has 0 unspecified atom stereocenters. The van der Waals surface area contributed by atoms with E-state index in [1.165, 1.54) is 24.1 Å². The molecule has 1 rings (SSSR count). The average Bonchev–Trinajstić information content (AvgIpc) is 2.77. The van der Waals surface area contributed by atoms with Gasteiger partial charge in [0.25, 0.3) is 0 Å². The molecule has 1 aromatic heterocycles. The highest BCUT2D eigenvalue weighted by atomic mass is 32.2. The topological polar surface area (TPSA) is 103 Å². The summed E-state index contributed by atoms with van der Waals surface area (Å²) in [5.74, 6) is -0.395. The van der Waals surface area contributed by atoms with Crippen LogP contribution in [-0.4, -0.2) is 35.4 Å².